The first-order valence-corrected chi connectivity index (χ1v) is 9.27. The number of piperidine rings is 1. The van der Waals surface area contributed by atoms with Gasteiger partial charge in [-0.25, -0.2) is 13.2 Å². The van der Waals surface area contributed by atoms with Gasteiger partial charge in [-0.3, -0.25) is 0 Å². The molecule has 2 atom stereocenters. The fraction of sp³-hybridized carbons (Fsp3) is 0.562. The lowest BCUT2D eigenvalue weighted by molar-refractivity contribution is 0.0696. The van der Waals surface area contributed by atoms with Gasteiger partial charge < -0.3 is 10.0 Å². The third kappa shape index (κ3) is 3.00. The van der Waals surface area contributed by atoms with E-state index in [-0.39, 0.29) is 16.5 Å². The van der Waals surface area contributed by atoms with Gasteiger partial charge >= 0.3 is 5.97 Å². The zero-order chi connectivity index (χ0) is 16.8. The van der Waals surface area contributed by atoms with E-state index >= 15 is 0 Å². The molecule has 0 radical (unpaired) electrons. The normalized spacial score (nSPS) is 26.2. The third-order valence-electron chi connectivity index (χ3n) is 4.87. The first-order chi connectivity index (χ1) is 10.8. The highest BCUT2D eigenvalue weighted by molar-refractivity contribution is 7.89. The van der Waals surface area contributed by atoms with Crippen LogP contribution in [0.4, 0.5) is 0 Å². The molecule has 7 heteroatoms. The molecule has 0 saturated carbocycles. The maximum absolute atomic E-state index is 13.1. The molecule has 3 saturated heterocycles. The van der Waals surface area contributed by atoms with E-state index in [0.717, 1.165) is 25.9 Å². The zero-order valence-electron chi connectivity index (χ0n) is 13.4. The molecule has 23 heavy (non-hydrogen) atoms. The fourth-order valence-corrected chi connectivity index (χ4v) is 5.68. The number of benzene rings is 1. The van der Waals surface area contributed by atoms with Crippen molar-refractivity contribution in [2.75, 3.05) is 26.7 Å². The van der Waals surface area contributed by atoms with Gasteiger partial charge in [0.15, 0.2) is 0 Å². The van der Waals surface area contributed by atoms with Gasteiger partial charge in [-0.1, -0.05) is 6.07 Å². The standard InChI is InChI=1S/C16H22N2O4S/c1-11-3-5-13(16(19)20)7-15(11)23(21,22)18-9-12-4-6-14(18)10-17(2)8-12/h3,5,7,12,14H,4,6,8-10H2,1-2H3,(H,19,20)/t12-,14+/m1/s1. The Bertz CT molecular complexity index is 732. The van der Waals surface area contributed by atoms with Gasteiger partial charge in [-0.15, -0.1) is 0 Å². The molecule has 4 rings (SSSR count). The van der Waals surface area contributed by atoms with Crippen LogP contribution in [-0.4, -0.2) is 61.4 Å². The van der Waals surface area contributed by atoms with Crippen molar-refractivity contribution >= 4 is 16.0 Å². The third-order valence-corrected chi connectivity index (χ3v) is 6.93. The molecule has 0 amide bonds. The number of aryl methyl sites for hydroxylation is 1. The molecule has 6 nitrogen and oxygen atoms in total. The predicted molar refractivity (Wildman–Crippen MR) is 86.0 cm³/mol. The second kappa shape index (κ2) is 5.89. The molecule has 0 unspecified atom stereocenters. The second-order valence-electron chi connectivity index (χ2n) is 6.68. The molecule has 1 aromatic rings. The van der Waals surface area contributed by atoms with E-state index in [1.807, 2.05) is 7.05 Å². The number of aromatic carboxylic acids is 1. The number of likely N-dealkylation sites (N-methyl/N-ethyl adjacent to an activating group) is 1. The van der Waals surface area contributed by atoms with E-state index < -0.39 is 16.0 Å². The molecule has 3 aliphatic rings. The first kappa shape index (κ1) is 16.4. The Kier molecular flexibility index (Phi) is 4.20. The molecule has 2 bridgehead atoms. The number of carbonyl (C=O) groups is 1. The summed E-state index contributed by atoms with van der Waals surface area (Å²) in [6.07, 6.45) is 1.92. The highest BCUT2D eigenvalue weighted by atomic mass is 32.2. The quantitative estimate of drug-likeness (QED) is 0.901. The first-order valence-electron chi connectivity index (χ1n) is 7.83. The second-order valence-corrected chi connectivity index (χ2v) is 8.54. The molecular weight excluding hydrogens is 316 g/mol. The predicted octanol–water partition coefficient (Wildman–Crippen LogP) is 1.41. The van der Waals surface area contributed by atoms with Gasteiger partial charge in [0, 0.05) is 25.7 Å². The van der Waals surface area contributed by atoms with Gasteiger partial charge in [0.05, 0.1) is 10.5 Å². The van der Waals surface area contributed by atoms with Crippen molar-refractivity contribution in [2.45, 2.75) is 30.7 Å². The van der Waals surface area contributed by atoms with Crippen LogP contribution in [0.2, 0.25) is 0 Å². The van der Waals surface area contributed by atoms with Crippen molar-refractivity contribution in [1.82, 2.24) is 9.21 Å². The summed E-state index contributed by atoms with van der Waals surface area (Å²) in [5.74, 6) is -0.768. The van der Waals surface area contributed by atoms with Gasteiger partial charge in [0.1, 0.15) is 0 Å². The molecule has 0 aromatic heterocycles. The highest BCUT2D eigenvalue weighted by Crippen LogP contribution is 2.33. The van der Waals surface area contributed by atoms with Crippen LogP contribution in [0.25, 0.3) is 0 Å². The minimum Gasteiger partial charge on any atom is -0.478 e. The zero-order valence-corrected chi connectivity index (χ0v) is 14.2. The molecular formula is C16H22N2O4S. The largest absolute Gasteiger partial charge is 0.478 e. The minimum absolute atomic E-state index is 0.00581. The van der Waals surface area contributed by atoms with E-state index in [2.05, 4.69) is 4.90 Å². The Hall–Kier alpha value is -1.44. The van der Waals surface area contributed by atoms with Crippen molar-refractivity contribution < 1.29 is 18.3 Å². The van der Waals surface area contributed by atoms with Crippen LogP contribution >= 0.6 is 0 Å². The molecule has 1 N–H and O–H groups in total. The number of fused-ring (bicyclic) bond motifs is 4. The maximum Gasteiger partial charge on any atom is 0.335 e. The molecule has 3 aliphatic heterocycles. The number of hydrogen-bond acceptors (Lipinski definition) is 4. The van der Waals surface area contributed by atoms with Gasteiger partial charge in [0.2, 0.25) is 10.0 Å². The summed E-state index contributed by atoms with van der Waals surface area (Å²) in [6, 6.07) is 4.27. The van der Waals surface area contributed by atoms with Crippen LogP contribution in [0.1, 0.15) is 28.8 Å². The monoisotopic (exact) mass is 338 g/mol. The number of carboxylic acids is 1. The van der Waals surface area contributed by atoms with Crippen LogP contribution in [0.5, 0.6) is 0 Å². The Labute approximate surface area is 136 Å². The van der Waals surface area contributed by atoms with Gasteiger partial charge in [-0.2, -0.15) is 4.31 Å². The van der Waals surface area contributed by atoms with Gasteiger partial charge in [0.25, 0.3) is 0 Å². The van der Waals surface area contributed by atoms with Crippen molar-refractivity contribution in [2.24, 2.45) is 5.92 Å². The summed E-state index contributed by atoms with van der Waals surface area (Å²) in [7, 11) is -1.66. The number of rotatable bonds is 3. The summed E-state index contributed by atoms with van der Waals surface area (Å²) in [5.41, 5.74) is 0.592. The average Bonchev–Trinajstić information content (AvgIpc) is 2.76. The SMILES string of the molecule is Cc1ccc(C(=O)O)cc1S(=O)(=O)N1C[C@@H]2CC[C@H]1CN(C)C2. The molecule has 3 heterocycles. The van der Waals surface area contributed by atoms with E-state index in [4.69, 9.17) is 5.11 Å². The van der Waals surface area contributed by atoms with Crippen molar-refractivity contribution in [1.29, 1.82) is 0 Å². The molecule has 126 valence electrons. The highest BCUT2D eigenvalue weighted by Gasteiger charge is 2.40. The lowest BCUT2D eigenvalue weighted by Crippen LogP contribution is -2.47. The summed E-state index contributed by atoms with van der Waals surface area (Å²) in [4.78, 5) is 13.5. The average molecular weight is 338 g/mol. The number of carboxylic acid groups (broad SMARTS) is 1. The van der Waals surface area contributed by atoms with Crippen molar-refractivity contribution in [3.63, 3.8) is 0 Å². The summed E-state index contributed by atoms with van der Waals surface area (Å²) in [6.45, 7) is 3.87. The molecule has 1 aromatic carbocycles. The van der Waals surface area contributed by atoms with E-state index in [9.17, 15) is 13.2 Å². The lowest BCUT2D eigenvalue weighted by Gasteiger charge is -2.35. The Balaban J connectivity index is 2.02. The minimum atomic E-state index is -3.68. The Morgan fingerprint density at radius 1 is 1.22 bits per heavy atom. The van der Waals surface area contributed by atoms with E-state index in [0.29, 0.717) is 18.0 Å². The van der Waals surface area contributed by atoms with Crippen molar-refractivity contribution in [3.05, 3.63) is 29.3 Å². The molecule has 0 aliphatic carbocycles. The lowest BCUT2D eigenvalue weighted by atomic mass is 9.97. The maximum atomic E-state index is 13.1. The van der Waals surface area contributed by atoms with Gasteiger partial charge in [-0.05, 0) is 50.4 Å². The van der Waals surface area contributed by atoms with Crippen LogP contribution in [-0.2, 0) is 10.0 Å². The Morgan fingerprint density at radius 2 is 1.96 bits per heavy atom. The number of nitrogens with zero attached hydrogens (tertiary/aromatic N) is 2. The number of sulfonamides is 1. The topological polar surface area (TPSA) is 77.9 Å². The summed E-state index contributed by atoms with van der Waals surface area (Å²) in [5, 5.41) is 9.15. The summed E-state index contributed by atoms with van der Waals surface area (Å²) >= 11 is 0. The smallest absolute Gasteiger partial charge is 0.335 e. The molecule has 0 spiro atoms. The van der Waals surface area contributed by atoms with E-state index in [1.165, 1.54) is 12.1 Å². The molecule has 3 fully saturated rings. The van der Waals surface area contributed by atoms with E-state index in [1.54, 1.807) is 17.3 Å². The summed E-state index contributed by atoms with van der Waals surface area (Å²) < 4.78 is 27.9. The fourth-order valence-electron chi connectivity index (χ4n) is 3.71. The van der Waals surface area contributed by atoms with Crippen molar-refractivity contribution in [3.8, 4) is 0 Å². The van der Waals surface area contributed by atoms with Crippen LogP contribution in [0.15, 0.2) is 23.1 Å². The van der Waals surface area contributed by atoms with Crippen LogP contribution in [0, 0.1) is 12.8 Å². The van der Waals surface area contributed by atoms with Crippen LogP contribution < -0.4 is 0 Å². The number of hydrogen-bond donors (Lipinski definition) is 1. The van der Waals surface area contributed by atoms with Crippen LogP contribution in [0.3, 0.4) is 0 Å². The Morgan fingerprint density at radius 3 is 2.65 bits per heavy atom.